The third-order valence-electron chi connectivity index (χ3n) is 2.11. The fourth-order valence-corrected chi connectivity index (χ4v) is 2.40. The van der Waals surface area contributed by atoms with Crippen LogP contribution in [0.15, 0.2) is 16.6 Å². The first-order chi connectivity index (χ1) is 6.18. The van der Waals surface area contributed by atoms with Crippen LogP contribution in [0, 0.1) is 0 Å². The Bertz CT molecular complexity index is 346. The predicted octanol–water partition coefficient (Wildman–Crippen LogP) is 3.31. The Balaban J connectivity index is 0.000000980. The fraction of sp³-hybridized carbons (Fsp3) is 0.333. The summed E-state index contributed by atoms with van der Waals surface area (Å²) in [4.78, 5) is 0. The normalized spacial score (nSPS) is 19.2. The molecule has 1 aliphatic rings. The van der Waals surface area contributed by atoms with Crippen LogP contribution in [0.25, 0.3) is 0 Å². The second kappa shape index (κ2) is 4.71. The van der Waals surface area contributed by atoms with Gasteiger partial charge in [0.25, 0.3) is 0 Å². The van der Waals surface area contributed by atoms with Crippen molar-refractivity contribution in [2.45, 2.75) is 12.5 Å². The van der Waals surface area contributed by atoms with E-state index >= 15 is 0 Å². The fourth-order valence-electron chi connectivity index (χ4n) is 1.45. The van der Waals surface area contributed by atoms with Crippen molar-refractivity contribution in [3.63, 3.8) is 0 Å². The molecule has 78 valence electrons. The SMILES string of the molecule is Cl.NC1CCOc2c(Br)cc(Cl)cc21. The molecule has 0 amide bonds. The van der Waals surface area contributed by atoms with Crippen LogP contribution in [0.3, 0.4) is 0 Å². The molecule has 2 nitrogen and oxygen atoms in total. The number of hydrogen-bond acceptors (Lipinski definition) is 2. The molecule has 1 aromatic carbocycles. The molecule has 1 heterocycles. The number of fused-ring (bicyclic) bond motifs is 1. The quantitative estimate of drug-likeness (QED) is 0.797. The lowest BCUT2D eigenvalue weighted by molar-refractivity contribution is 0.267. The summed E-state index contributed by atoms with van der Waals surface area (Å²) in [6.07, 6.45) is 0.847. The van der Waals surface area contributed by atoms with Crippen LogP contribution in [-0.2, 0) is 0 Å². The van der Waals surface area contributed by atoms with Gasteiger partial charge in [-0.15, -0.1) is 12.4 Å². The van der Waals surface area contributed by atoms with Gasteiger partial charge in [-0.2, -0.15) is 0 Å². The maximum atomic E-state index is 5.92. The minimum Gasteiger partial charge on any atom is -0.492 e. The summed E-state index contributed by atoms with van der Waals surface area (Å²) in [5.41, 5.74) is 6.92. The molecule has 5 heteroatoms. The first-order valence-electron chi connectivity index (χ1n) is 4.06. The van der Waals surface area contributed by atoms with Crippen molar-refractivity contribution < 1.29 is 4.74 Å². The van der Waals surface area contributed by atoms with Gasteiger partial charge in [0.1, 0.15) is 5.75 Å². The second-order valence-electron chi connectivity index (χ2n) is 3.05. The summed E-state index contributed by atoms with van der Waals surface area (Å²) >= 11 is 9.30. The van der Waals surface area contributed by atoms with E-state index in [-0.39, 0.29) is 18.4 Å². The molecule has 2 N–H and O–H groups in total. The van der Waals surface area contributed by atoms with E-state index in [2.05, 4.69) is 15.9 Å². The molecule has 0 fully saturated rings. The maximum Gasteiger partial charge on any atom is 0.138 e. The van der Waals surface area contributed by atoms with E-state index in [0.717, 1.165) is 22.2 Å². The average molecular weight is 299 g/mol. The van der Waals surface area contributed by atoms with Gasteiger partial charge in [-0.1, -0.05) is 11.6 Å². The Morgan fingerprint density at radius 1 is 1.50 bits per heavy atom. The van der Waals surface area contributed by atoms with Gasteiger partial charge in [0.05, 0.1) is 11.1 Å². The van der Waals surface area contributed by atoms with E-state index in [1.54, 1.807) is 0 Å². The number of nitrogens with two attached hydrogens (primary N) is 1. The van der Waals surface area contributed by atoms with Crippen LogP contribution < -0.4 is 10.5 Å². The highest BCUT2D eigenvalue weighted by molar-refractivity contribution is 9.10. The van der Waals surface area contributed by atoms with Crippen LogP contribution in [-0.4, -0.2) is 6.61 Å². The van der Waals surface area contributed by atoms with Gasteiger partial charge in [0, 0.05) is 23.0 Å². The molecule has 1 atom stereocenters. The van der Waals surface area contributed by atoms with E-state index in [4.69, 9.17) is 22.1 Å². The molecule has 0 spiro atoms. The van der Waals surface area contributed by atoms with Gasteiger partial charge < -0.3 is 10.5 Å². The Morgan fingerprint density at radius 3 is 2.93 bits per heavy atom. The number of hydrogen-bond donors (Lipinski definition) is 1. The lowest BCUT2D eigenvalue weighted by Crippen LogP contribution is -2.20. The van der Waals surface area contributed by atoms with E-state index in [0.29, 0.717) is 11.6 Å². The third-order valence-corrected chi connectivity index (χ3v) is 2.92. The standard InChI is InChI=1S/C9H9BrClNO.ClH/c10-7-4-5(11)3-6-8(12)1-2-13-9(6)7;/h3-4,8H,1-2,12H2;1H. The lowest BCUT2D eigenvalue weighted by Gasteiger charge is -2.24. The zero-order valence-corrected chi connectivity index (χ0v) is 10.5. The van der Waals surface area contributed by atoms with Gasteiger partial charge >= 0.3 is 0 Å². The maximum absolute atomic E-state index is 5.92. The van der Waals surface area contributed by atoms with Crippen molar-refractivity contribution in [3.05, 3.63) is 27.2 Å². The molecule has 0 aliphatic carbocycles. The molecule has 0 radical (unpaired) electrons. The Hall–Kier alpha value is 0.0400. The van der Waals surface area contributed by atoms with Crippen molar-refractivity contribution in [2.75, 3.05) is 6.61 Å². The highest BCUT2D eigenvalue weighted by atomic mass is 79.9. The Kier molecular flexibility index (Phi) is 4.07. The van der Waals surface area contributed by atoms with Crippen LogP contribution in [0.1, 0.15) is 18.0 Å². The summed E-state index contributed by atoms with van der Waals surface area (Å²) in [6, 6.07) is 3.72. The summed E-state index contributed by atoms with van der Waals surface area (Å²) < 4.78 is 6.37. The summed E-state index contributed by atoms with van der Waals surface area (Å²) in [6.45, 7) is 0.675. The van der Waals surface area contributed by atoms with Crippen molar-refractivity contribution in [1.29, 1.82) is 0 Å². The summed E-state index contributed by atoms with van der Waals surface area (Å²) in [5.74, 6) is 0.836. The smallest absolute Gasteiger partial charge is 0.138 e. The first kappa shape index (κ1) is 12.1. The van der Waals surface area contributed by atoms with Gasteiger partial charge in [0.2, 0.25) is 0 Å². The third kappa shape index (κ3) is 2.16. The van der Waals surface area contributed by atoms with E-state index in [1.807, 2.05) is 12.1 Å². The number of ether oxygens (including phenoxy) is 1. The number of rotatable bonds is 0. The van der Waals surface area contributed by atoms with E-state index in [1.165, 1.54) is 0 Å². The molecule has 2 rings (SSSR count). The molecule has 0 aromatic heterocycles. The highest BCUT2D eigenvalue weighted by Gasteiger charge is 2.20. The van der Waals surface area contributed by atoms with Crippen LogP contribution in [0.2, 0.25) is 5.02 Å². The highest BCUT2D eigenvalue weighted by Crippen LogP contribution is 2.38. The van der Waals surface area contributed by atoms with Gasteiger partial charge in [-0.05, 0) is 28.1 Å². The van der Waals surface area contributed by atoms with Crippen molar-refractivity contribution in [2.24, 2.45) is 5.73 Å². The van der Waals surface area contributed by atoms with Crippen LogP contribution >= 0.6 is 39.9 Å². The number of benzene rings is 1. The molecule has 0 bridgehead atoms. The second-order valence-corrected chi connectivity index (χ2v) is 4.34. The Labute approximate surface area is 102 Å². The molecular formula is C9H10BrCl2NO. The molecule has 1 aromatic rings. The monoisotopic (exact) mass is 297 g/mol. The van der Waals surface area contributed by atoms with Crippen LogP contribution in [0.4, 0.5) is 0 Å². The molecule has 0 saturated heterocycles. The van der Waals surface area contributed by atoms with Crippen molar-refractivity contribution >= 4 is 39.9 Å². The Morgan fingerprint density at radius 2 is 2.21 bits per heavy atom. The topological polar surface area (TPSA) is 35.2 Å². The zero-order chi connectivity index (χ0) is 9.42. The largest absolute Gasteiger partial charge is 0.492 e. The van der Waals surface area contributed by atoms with Crippen LogP contribution in [0.5, 0.6) is 5.75 Å². The molecule has 0 saturated carbocycles. The predicted molar refractivity (Wildman–Crippen MR) is 63.4 cm³/mol. The molecule has 1 aliphatic heterocycles. The summed E-state index contributed by atoms with van der Waals surface area (Å²) in [7, 11) is 0. The van der Waals surface area contributed by atoms with E-state index in [9.17, 15) is 0 Å². The number of halogens is 3. The van der Waals surface area contributed by atoms with Gasteiger partial charge in [-0.3, -0.25) is 0 Å². The average Bonchev–Trinajstić information content (AvgIpc) is 2.07. The van der Waals surface area contributed by atoms with Crippen molar-refractivity contribution in [1.82, 2.24) is 0 Å². The minimum absolute atomic E-state index is 0. The molecule has 14 heavy (non-hydrogen) atoms. The van der Waals surface area contributed by atoms with Crippen molar-refractivity contribution in [3.8, 4) is 5.75 Å². The molecular weight excluding hydrogens is 289 g/mol. The lowest BCUT2D eigenvalue weighted by atomic mass is 10.0. The van der Waals surface area contributed by atoms with Gasteiger partial charge in [-0.25, -0.2) is 0 Å². The summed E-state index contributed by atoms with van der Waals surface area (Å²) in [5, 5.41) is 0.687. The zero-order valence-electron chi connectivity index (χ0n) is 7.30. The van der Waals surface area contributed by atoms with Gasteiger partial charge in [0.15, 0.2) is 0 Å². The first-order valence-corrected chi connectivity index (χ1v) is 5.23. The molecule has 1 unspecified atom stereocenters. The minimum atomic E-state index is 0. The van der Waals surface area contributed by atoms with E-state index < -0.39 is 0 Å².